The Hall–Kier alpha value is -1.65. The standard InChI is InChI=1S/C21H24ClNO2S/c22-19-9-5-4-8-17(19)14-26-15-18-10-11-20(25-18)21(24)23-13-12-16-6-2-1-3-7-16/h4-6,8-11H,1-3,7,12-15H2,(H,23,24). The van der Waals surface area contributed by atoms with Gasteiger partial charge in [0.25, 0.3) is 5.91 Å². The van der Waals surface area contributed by atoms with Crippen molar-refractivity contribution in [2.45, 2.75) is 43.6 Å². The average Bonchev–Trinajstić information content (AvgIpc) is 3.13. The Morgan fingerprint density at radius 1 is 1.15 bits per heavy atom. The van der Waals surface area contributed by atoms with Gasteiger partial charge in [-0.2, -0.15) is 0 Å². The van der Waals surface area contributed by atoms with Gasteiger partial charge in [0, 0.05) is 17.3 Å². The number of rotatable bonds is 8. The molecule has 1 N–H and O–H groups in total. The fourth-order valence-electron chi connectivity index (χ4n) is 3.01. The second-order valence-electron chi connectivity index (χ2n) is 6.46. The minimum Gasteiger partial charge on any atom is -0.455 e. The van der Waals surface area contributed by atoms with Gasteiger partial charge in [-0.25, -0.2) is 0 Å². The van der Waals surface area contributed by atoms with Crippen LogP contribution < -0.4 is 5.32 Å². The first-order chi connectivity index (χ1) is 12.7. The Bertz CT molecular complexity index is 769. The summed E-state index contributed by atoms with van der Waals surface area (Å²) in [7, 11) is 0. The summed E-state index contributed by atoms with van der Waals surface area (Å²) in [6, 6.07) is 11.5. The van der Waals surface area contributed by atoms with Crippen LogP contribution in [0.25, 0.3) is 0 Å². The summed E-state index contributed by atoms with van der Waals surface area (Å²) < 4.78 is 5.68. The van der Waals surface area contributed by atoms with Gasteiger partial charge in [-0.3, -0.25) is 4.79 Å². The summed E-state index contributed by atoms with van der Waals surface area (Å²) in [4.78, 5) is 12.2. The highest BCUT2D eigenvalue weighted by Crippen LogP contribution is 2.24. The Kier molecular flexibility index (Phi) is 7.27. The van der Waals surface area contributed by atoms with Crippen LogP contribution in [0.1, 0.15) is 54.0 Å². The Morgan fingerprint density at radius 3 is 2.85 bits per heavy atom. The lowest BCUT2D eigenvalue weighted by Crippen LogP contribution is -2.24. The van der Waals surface area contributed by atoms with Crippen LogP contribution >= 0.6 is 23.4 Å². The number of nitrogens with one attached hydrogen (secondary N) is 1. The van der Waals surface area contributed by atoms with Crippen LogP contribution in [0, 0.1) is 0 Å². The maximum absolute atomic E-state index is 12.2. The molecule has 0 aliphatic heterocycles. The lowest BCUT2D eigenvalue weighted by molar-refractivity contribution is 0.0925. The molecule has 1 aromatic carbocycles. The van der Waals surface area contributed by atoms with E-state index in [2.05, 4.69) is 11.4 Å². The van der Waals surface area contributed by atoms with Gasteiger partial charge in [-0.15, -0.1) is 11.8 Å². The summed E-state index contributed by atoms with van der Waals surface area (Å²) in [5, 5.41) is 3.74. The highest BCUT2D eigenvalue weighted by atomic mass is 35.5. The predicted octanol–water partition coefficient (Wildman–Crippen LogP) is 5.99. The number of furan rings is 1. The molecule has 26 heavy (non-hydrogen) atoms. The smallest absolute Gasteiger partial charge is 0.287 e. The maximum atomic E-state index is 12.2. The molecule has 1 heterocycles. The van der Waals surface area contributed by atoms with Crippen LogP contribution in [0.15, 0.2) is 52.5 Å². The summed E-state index contributed by atoms with van der Waals surface area (Å²) in [5.74, 6) is 2.59. The molecule has 0 atom stereocenters. The van der Waals surface area contributed by atoms with Crippen molar-refractivity contribution in [1.29, 1.82) is 0 Å². The van der Waals surface area contributed by atoms with Gasteiger partial charge in [-0.05, 0) is 55.9 Å². The number of carbonyl (C=O) groups excluding carboxylic acids is 1. The normalized spacial score (nSPS) is 14.1. The van der Waals surface area contributed by atoms with E-state index in [9.17, 15) is 4.79 Å². The molecule has 0 spiro atoms. The zero-order valence-electron chi connectivity index (χ0n) is 14.8. The van der Waals surface area contributed by atoms with Crippen LogP contribution in [0.5, 0.6) is 0 Å². The lowest BCUT2D eigenvalue weighted by atomic mass is 9.97. The van der Waals surface area contributed by atoms with Gasteiger partial charge in [0.1, 0.15) is 5.76 Å². The van der Waals surface area contributed by atoms with Crippen molar-refractivity contribution in [2.75, 3.05) is 6.54 Å². The quantitative estimate of drug-likeness (QED) is 0.564. The number of amides is 1. The van der Waals surface area contributed by atoms with Crippen molar-refractivity contribution in [3.8, 4) is 0 Å². The van der Waals surface area contributed by atoms with Crippen LogP contribution in [0.3, 0.4) is 0 Å². The van der Waals surface area contributed by atoms with Crippen molar-refractivity contribution in [2.24, 2.45) is 0 Å². The highest BCUT2D eigenvalue weighted by Gasteiger charge is 2.12. The van der Waals surface area contributed by atoms with Gasteiger partial charge in [-0.1, -0.05) is 41.4 Å². The van der Waals surface area contributed by atoms with E-state index in [0.29, 0.717) is 18.1 Å². The molecule has 0 unspecified atom stereocenters. The molecule has 0 radical (unpaired) electrons. The molecule has 0 bridgehead atoms. The summed E-state index contributed by atoms with van der Waals surface area (Å²) >= 11 is 7.88. The lowest BCUT2D eigenvalue weighted by Gasteiger charge is -2.12. The third-order valence-corrected chi connectivity index (χ3v) is 5.83. The molecule has 3 rings (SSSR count). The summed E-state index contributed by atoms with van der Waals surface area (Å²) in [5.41, 5.74) is 2.58. The third kappa shape index (κ3) is 5.68. The van der Waals surface area contributed by atoms with Crippen LogP contribution in [0.4, 0.5) is 0 Å². The molecule has 2 aromatic rings. The second-order valence-corrected chi connectivity index (χ2v) is 7.86. The fourth-order valence-corrected chi connectivity index (χ4v) is 4.22. The molecule has 1 aliphatic rings. The van der Waals surface area contributed by atoms with Gasteiger partial charge in [0.15, 0.2) is 5.76 Å². The molecule has 0 fully saturated rings. The molecular weight excluding hydrogens is 366 g/mol. The highest BCUT2D eigenvalue weighted by molar-refractivity contribution is 7.97. The summed E-state index contributed by atoms with van der Waals surface area (Å²) in [6.07, 6.45) is 8.16. The summed E-state index contributed by atoms with van der Waals surface area (Å²) in [6.45, 7) is 0.669. The van der Waals surface area contributed by atoms with E-state index in [1.807, 2.05) is 30.3 Å². The monoisotopic (exact) mass is 389 g/mol. The Balaban J connectivity index is 1.41. The first-order valence-electron chi connectivity index (χ1n) is 9.08. The Labute approximate surface area is 164 Å². The van der Waals surface area contributed by atoms with E-state index in [4.69, 9.17) is 16.0 Å². The van der Waals surface area contributed by atoms with E-state index in [1.165, 1.54) is 31.3 Å². The topological polar surface area (TPSA) is 42.2 Å². The number of benzene rings is 1. The molecule has 1 aliphatic carbocycles. The number of hydrogen-bond acceptors (Lipinski definition) is 3. The van der Waals surface area contributed by atoms with Crippen molar-refractivity contribution in [3.63, 3.8) is 0 Å². The molecule has 3 nitrogen and oxygen atoms in total. The van der Waals surface area contributed by atoms with Crippen molar-refractivity contribution >= 4 is 29.3 Å². The molecule has 1 amide bonds. The van der Waals surface area contributed by atoms with Gasteiger partial charge < -0.3 is 9.73 Å². The first-order valence-corrected chi connectivity index (χ1v) is 10.6. The van der Waals surface area contributed by atoms with Crippen LogP contribution in [0.2, 0.25) is 5.02 Å². The minimum atomic E-state index is -0.135. The maximum Gasteiger partial charge on any atom is 0.287 e. The number of hydrogen-bond donors (Lipinski definition) is 1. The zero-order valence-corrected chi connectivity index (χ0v) is 16.4. The van der Waals surface area contributed by atoms with Crippen molar-refractivity contribution in [3.05, 3.63) is 70.2 Å². The van der Waals surface area contributed by atoms with Gasteiger partial charge in [0.2, 0.25) is 0 Å². The SMILES string of the molecule is O=C(NCCC1=CCCCC1)c1ccc(CSCc2ccccc2Cl)o1. The number of thioether (sulfide) groups is 1. The fraction of sp³-hybridized carbons (Fsp3) is 0.381. The first kappa shape index (κ1) is 19.1. The second kappa shape index (κ2) is 9.89. The Morgan fingerprint density at radius 2 is 2.04 bits per heavy atom. The molecule has 1 aromatic heterocycles. The van der Waals surface area contributed by atoms with Gasteiger partial charge in [0.05, 0.1) is 5.75 Å². The average molecular weight is 390 g/mol. The van der Waals surface area contributed by atoms with Crippen LogP contribution in [-0.2, 0) is 11.5 Å². The van der Waals surface area contributed by atoms with E-state index in [1.54, 1.807) is 17.8 Å². The minimum absolute atomic E-state index is 0.135. The third-order valence-electron chi connectivity index (χ3n) is 4.46. The number of carbonyl (C=O) groups is 1. The molecular formula is C21H24ClNO2S. The van der Waals surface area contributed by atoms with Crippen LogP contribution in [-0.4, -0.2) is 12.5 Å². The van der Waals surface area contributed by atoms with E-state index < -0.39 is 0 Å². The van der Waals surface area contributed by atoms with E-state index in [-0.39, 0.29) is 5.91 Å². The van der Waals surface area contributed by atoms with Crippen molar-refractivity contribution < 1.29 is 9.21 Å². The predicted molar refractivity (Wildman–Crippen MR) is 109 cm³/mol. The number of allylic oxidation sites excluding steroid dienone is 1. The number of halogens is 1. The molecule has 138 valence electrons. The van der Waals surface area contributed by atoms with Gasteiger partial charge >= 0.3 is 0 Å². The van der Waals surface area contributed by atoms with E-state index >= 15 is 0 Å². The van der Waals surface area contributed by atoms with E-state index in [0.717, 1.165) is 28.5 Å². The van der Waals surface area contributed by atoms with Crippen molar-refractivity contribution in [1.82, 2.24) is 5.32 Å². The largest absolute Gasteiger partial charge is 0.455 e. The molecule has 5 heteroatoms. The molecule has 0 saturated carbocycles. The zero-order chi connectivity index (χ0) is 18.2. The molecule has 0 saturated heterocycles.